The SMILES string of the molecule is CN(CC(=O)O)C1CCN(CC(=O)Nc2ccc(Cl)c([N+](=O)[O-])c2)CC1. The number of hydrogen-bond donors (Lipinski definition) is 2. The minimum atomic E-state index is -0.855. The fourth-order valence-corrected chi connectivity index (χ4v) is 3.18. The van der Waals surface area contributed by atoms with Gasteiger partial charge in [0.15, 0.2) is 0 Å². The maximum atomic E-state index is 12.2. The number of nitro benzene ring substituents is 1. The predicted molar refractivity (Wildman–Crippen MR) is 96.5 cm³/mol. The molecule has 0 atom stereocenters. The van der Waals surface area contributed by atoms with Crippen molar-refractivity contribution in [2.24, 2.45) is 0 Å². The number of nitrogens with zero attached hydrogens (tertiary/aromatic N) is 3. The molecule has 9 nitrogen and oxygen atoms in total. The summed E-state index contributed by atoms with van der Waals surface area (Å²) < 4.78 is 0. The van der Waals surface area contributed by atoms with E-state index in [1.807, 2.05) is 9.80 Å². The smallest absolute Gasteiger partial charge is 0.317 e. The molecule has 0 spiro atoms. The average molecular weight is 385 g/mol. The molecule has 0 unspecified atom stereocenters. The van der Waals surface area contributed by atoms with Crippen LogP contribution in [0.4, 0.5) is 11.4 Å². The maximum Gasteiger partial charge on any atom is 0.317 e. The number of benzene rings is 1. The van der Waals surface area contributed by atoms with Crippen LogP contribution >= 0.6 is 11.6 Å². The highest BCUT2D eigenvalue weighted by molar-refractivity contribution is 6.32. The number of nitro groups is 1. The van der Waals surface area contributed by atoms with Gasteiger partial charge in [0.2, 0.25) is 5.91 Å². The second kappa shape index (κ2) is 8.93. The summed E-state index contributed by atoms with van der Waals surface area (Å²) in [4.78, 5) is 37.0. The van der Waals surface area contributed by atoms with E-state index >= 15 is 0 Å². The zero-order chi connectivity index (χ0) is 19.3. The van der Waals surface area contributed by atoms with Crippen LogP contribution in [-0.4, -0.2) is 71.0 Å². The highest BCUT2D eigenvalue weighted by Gasteiger charge is 2.24. The van der Waals surface area contributed by atoms with Crippen LogP contribution in [0.5, 0.6) is 0 Å². The van der Waals surface area contributed by atoms with Crippen molar-refractivity contribution in [1.82, 2.24) is 9.80 Å². The van der Waals surface area contributed by atoms with Gasteiger partial charge in [0.25, 0.3) is 5.69 Å². The summed E-state index contributed by atoms with van der Waals surface area (Å²) in [6, 6.07) is 4.30. The van der Waals surface area contributed by atoms with Crippen molar-refractivity contribution in [2.75, 3.05) is 38.5 Å². The van der Waals surface area contributed by atoms with Gasteiger partial charge in [-0.3, -0.25) is 29.5 Å². The monoisotopic (exact) mass is 384 g/mol. The summed E-state index contributed by atoms with van der Waals surface area (Å²) in [5.74, 6) is -1.12. The molecule has 0 aromatic heterocycles. The Labute approximate surface area is 155 Å². The number of anilines is 1. The summed E-state index contributed by atoms with van der Waals surface area (Å²) in [6.07, 6.45) is 1.56. The van der Waals surface area contributed by atoms with Gasteiger partial charge in [-0.15, -0.1) is 0 Å². The molecule has 2 N–H and O–H groups in total. The molecule has 2 rings (SSSR count). The zero-order valence-electron chi connectivity index (χ0n) is 14.4. The van der Waals surface area contributed by atoms with Gasteiger partial charge in [0.05, 0.1) is 18.0 Å². The van der Waals surface area contributed by atoms with Crippen molar-refractivity contribution in [3.05, 3.63) is 33.3 Å². The number of piperidine rings is 1. The van der Waals surface area contributed by atoms with E-state index in [9.17, 15) is 19.7 Å². The molecule has 1 aliphatic rings. The van der Waals surface area contributed by atoms with E-state index in [0.29, 0.717) is 18.8 Å². The van der Waals surface area contributed by atoms with Crippen LogP contribution in [0.15, 0.2) is 18.2 Å². The molecular formula is C16H21ClN4O5. The van der Waals surface area contributed by atoms with Crippen molar-refractivity contribution in [1.29, 1.82) is 0 Å². The molecule has 142 valence electrons. The van der Waals surface area contributed by atoms with Crippen LogP contribution < -0.4 is 5.32 Å². The average Bonchev–Trinajstić information content (AvgIpc) is 2.56. The molecule has 0 saturated carbocycles. The zero-order valence-corrected chi connectivity index (χ0v) is 15.1. The molecular weight excluding hydrogens is 364 g/mol. The molecule has 1 aromatic rings. The highest BCUT2D eigenvalue weighted by atomic mass is 35.5. The third kappa shape index (κ3) is 5.65. The lowest BCUT2D eigenvalue weighted by Crippen LogP contribution is -2.46. The van der Waals surface area contributed by atoms with Crippen molar-refractivity contribution in [3.63, 3.8) is 0 Å². The van der Waals surface area contributed by atoms with E-state index < -0.39 is 10.9 Å². The van der Waals surface area contributed by atoms with Gasteiger partial charge in [-0.25, -0.2) is 0 Å². The summed E-state index contributed by atoms with van der Waals surface area (Å²) in [7, 11) is 1.79. The first-order valence-corrected chi connectivity index (χ1v) is 8.52. The van der Waals surface area contributed by atoms with Crippen LogP contribution in [0, 0.1) is 10.1 Å². The quantitative estimate of drug-likeness (QED) is 0.542. The fourth-order valence-electron chi connectivity index (χ4n) is 2.99. The molecule has 1 fully saturated rings. The Morgan fingerprint density at radius 3 is 2.65 bits per heavy atom. The number of likely N-dealkylation sites (N-methyl/N-ethyl adjacent to an activating group) is 1. The van der Waals surface area contributed by atoms with E-state index in [2.05, 4.69) is 5.32 Å². The second-order valence-electron chi connectivity index (χ2n) is 6.29. The summed E-state index contributed by atoms with van der Waals surface area (Å²) in [5, 5.41) is 22.4. The summed E-state index contributed by atoms with van der Waals surface area (Å²) >= 11 is 5.75. The Kier molecular flexibility index (Phi) is 6.90. The Balaban J connectivity index is 1.83. The van der Waals surface area contributed by atoms with Gasteiger partial charge >= 0.3 is 5.97 Å². The molecule has 0 aliphatic carbocycles. The first-order chi connectivity index (χ1) is 12.3. The fraction of sp³-hybridized carbons (Fsp3) is 0.500. The lowest BCUT2D eigenvalue weighted by Gasteiger charge is -2.35. The van der Waals surface area contributed by atoms with Gasteiger partial charge in [-0.1, -0.05) is 11.6 Å². The van der Waals surface area contributed by atoms with Crippen molar-refractivity contribution in [2.45, 2.75) is 18.9 Å². The van der Waals surface area contributed by atoms with Crippen LogP contribution in [-0.2, 0) is 9.59 Å². The Hall–Kier alpha value is -2.23. The molecule has 1 heterocycles. The minimum absolute atomic E-state index is 0.000495. The molecule has 1 amide bonds. The van der Waals surface area contributed by atoms with Crippen molar-refractivity contribution in [3.8, 4) is 0 Å². The van der Waals surface area contributed by atoms with Crippen LogP contribution in [0.2, 0.25) is 5.02 Å². The van der Waals surface area contributed by atoms with E-state index in [0.717, 1.165) is 12.8 Å². The van der Waals surface area contributed by atoms with Gasteiger partial charge < -0.3 is 10.4 Å². The van der Waals surface area contributed by atoms with Crippen molar-refractivity contribution >= 4 is 34.9 Å². The highest BCUT2D eigenvalue weighted by Crippen LogP contribution is 2.27. The number of aliphatic carboxylic acids is 1. The normalized spacial score (nSPS) is 15.8. The molecule has 0 radical (unpaired) electrons. The number of carboxylic acid groups (broad SMARTS) is 1. The number of likely N-dealkylation sites (tertiary alicyclic amines) is 1. The maximum absolute atomic E-state index is 12.2. The van der Waals surface area contributed by atoms with E-state index in [1.165, 1.54) is 18.2 Å². The Morgan fingerprint density at radius 2 is 2.08 bits per heavy atom. The first kappa shape index (κ1) is 20.1. The molecule has 26 heavy (non-hydrogen) atoms. The number of carboxylic acids is 1. The molecule has 1 aromatic carbocycles. The lowest BCUT2D eigenvalue weighted by molar-refractivity contribution is -0.384. The lowest BCUT2D eigenvalue weighted by atomic mass is 10.0. The minimum Gasteiger partial charge on any atom is -0.480 e. The van der Waals surface area contributed by atoms with Gasteiger partial charge in [-0.05, 0) is 32.0 Å². The Morgan fingerprint density at radius 1 is 1.42 bits per heavy atom. The standard InChI is InChI=1S/C16H21ClN4O5/c1-19(10-16(23)24)12-4-6-20(7-5-12)9-15(22)18-11-2-3-13(17)14(8-11)21(25)26/h2-3,8,12H,4-7,9-10H2,1H3,(H,18,22)(H,23,24). The van der Waals surface area contributed by atoms with Crippen LogP contribution in [0.1, 0.15) is 12.8 Å². The predicted octanol–water partition coefficient (Wildman–Crippen LogP) is 1.67. The number of carbonyl (C=O) groups is 2. The summed E-state index contributed by atoms with van der Waals surface area (Å²) in [5.41, 5.74) is 0.0638. The largest absolute Gasteiger partial charge is 0.480 e. The van der Waals surface area contributed by atoms with Gasteiger partial charge in [0, 0.05) is 30.9 Å². The topological polar surface area (TPSA) is 116 Å². The summed E-state index contributed by atoms with van der Waals surface area (Å²) in [6.45, 7) is 1.54. The van der Waals surface area contributed by atoms with E-state index in [-0.39, 0.29) is 35.7 Å². The van der Waals surface area contributed by atoms with Gasteiger partial charge in [0.1, 0.15) is 5.02 Å². The number of hydrogen-bond acceptors (Lipinski definition) is 6. The van der Waals surface area contributed by atoms with E-state index in [4.69, 9.17) is 16.7 Å². The number of nitrogens with one attached hydrogen (secondary N) is 1. The molecule has 1 aliphatic heterocycles. The molecule has 1 saturated heterocycles. The number of halogens is 1. The van der Waals surface area contributed by atoms with Crippen molar-refractivity contribution < 1.29 is 19.6 Å². The molecule has 0 bridgehead atoms. The third-order valence-corrected chi connectivity index (χ3v) is 4.68. The number of rotatable bonds is 7. The number of amides is 1. The number of carbonyl (C=O) groups excluding carboxylic acids is 1. The molecule has 10 heteroatoms. The van der Waals surface area contributed by atoms with E-state index in [1.54, 1.807) is 7.05 Å². The van der Waals surface area contributed by atoms with Crippen LogP contribution in [0.25, 0.3) is 0 Å². The first-order valence-electron chi connectivity index (χ1n) is 8.14. The van der Waals surface area contributed by atoms with Crippen LogP contribution in [0.3, 0.4) is 0 Å². The van der Waals surface area contributed by atoms with Gasteiger partial charge in [-0.2, -0.15) is 0 Å². The Bertz CT molecular complexity index is 691. The third-order valence-electron chi connectivity index (χ3n) is 4.36. The second-order valence-corrected chi connectivity index (χ2v) is 6.69.